The molecule has 88 valence electrons. The molecule has 0 atom stereocenters. The van der Waals surface area contributed by atoms with E-state index in [0.717, 1.165) is 25.2 Å². The van der Waals surface area contributed by atoms with Gasteiger partial charge in [0.15, 0.2) is 0 Å². The Kier molecular flexibility index (Phi) is 3.21. The average molecular weight is 223 g/mol. The molecule has 0 aromatic carbocycles. The van der Waals surface area contributed by atoms with Crippen LogP contribution in [0.15, 0.2) is 12.4 Å². The van der Waals surface area contributed by atoms with Crippen LogP contribution < -0.4 is 16.6 Å². The maximum absolute atomic E-state index is 5.51. The van der Waals surface area contributed by atoms with Crippen LogP contribution in [0, 0.1) is 0 Å². The zero-order chi connectivity index (χ0) is 11.4. The van der Waals surface area contributed by atoms with Gasteiger partial charge in [-0.25, -0.2) is 15.8 Å². The topological polar surface area (TPSA) is 85.1 Å². The lowest BCUT2D eigenvalue weighted by atomic mass is 9.80. The van der Waals surface area contributed by atoms with Crippen LogP contribution >= 0.6 is 0 Å². The first-order valence-electron chi connectivity index (χ1n) is 5.36. The van der Waals surface area contributed by atoms with Crippen LogP contribution in [0.5, 0.6) is 0 Å². The third-order valence-electron chi connectivity index (χ3n) is 3.10. The minimum Gasteiger partial charge on any atom is -0.376 e. The van der Waals surface area contributed by atoms with Crippen LogP contribution in [0.1, 0.15) is 19.3 Å². The summed E-state index contributed by atoms with van der Waals surface area (Å²) in [5.74, 6) is 6.62. The molecule has 1 aromatic heterocycles. The molecule has 0 amide bonds. The number of nitrogens with zero attached hydrogens (tertiary/aromatic N) is 2. The zero-order valence-corrected chi connectivity index (χ0v) is 9.36. The molecule has 0 unspecified atom stereocenters. The Balaban J connectivity index is 1.93. The van der Waals surface area contributed by atoms with Gasteiger partial charge in [0.25, 0.3) is 0 Å². The number of methoxy groups -OCH3 is 1. The van der Waals surface area contributed by atoms with Crippen LogP contribution in [0.4, 0.5) is 11.6 Å². The summed E-state index contributed by atoms with van der Waals surface area (Å²) in [6, 6.07) is 1.77. The summed E-state index contributed by atoms with van der Waals surface area (Å²) in [6.07, 6.45) is 4.90. The summed E-state index contributed by atoms with van der Waals surface area (Å²) in [5.41, 5.74) is 2.47. The van der Waals surface area contributed by atoms with Crippen molar-refractivity contribution in [3.05, 3.63) is 12.4 Å². The molecule has 1 saturated carbocycles. The average Bonchev–Trinajstić information content (AvgIpc) is 2.29. The van der Waals surface area contributed by atoms with E-state index in [4.69, 9.17) is 10.6 Å². The second-order valence-electron chi connectivity index (χ2n) is 4.03. The first-order valence-corrected chi connectivity index (χ1v) is 5.36. The molecule has 1 fully saturated rings. The largest absolute Gasteiger partial charge is 0.376 e. The number of aromatic nitrogens is 2. The van der Waals surface area contributed by atoms with Crippen molar-refractivity contribution in [3.63, 3.8) is 0 Å². The van der Waals surface area contributed by atoms with Gasteiger partial charge >= 0.3 is 0 Å². The Hall–Kier alpha value is -1.40. The van der Waals surface area contributed by atoms with E-state index in [1.54, 1.807) is 13.2 Å². The number of ether oxygens (including phenoxy) is 1. The molecule has 2 rings (SSSR count). The number of nitrogen functional groups attached to an aromatic ring is 1. The number of anilines is 2. The van der Waals surface area contributed by atoms with Gasteiger partial charge in [-0.1, -0.05) is 0 Å². The van der Waals surface area contributed by atoms with Gasteiger partial charge < -0.3 is 15.5 Å². The van der Waals surface area contributed by atoms with E-state index in [9.17, 15) is 0 Å². The lowest BCUT2D eigenvalue weighted by Crippen LogP contribution is -2.45. The minimum atomic E-state index is -0.0126. The van der Waals surface area contributed by atoms with Crippen molar-refractivity contribution < 1.29 is 4.74 Å². The maximum Gasteiger partial charge on any atom is 0.145 e. The van der Waals surface area contributed by atoms with E-state index < -0.39 is 0 Å². The first kappa shape index (κ1) is 11.1. The Labute approximate surface area is 94.6 Å². The summed E-state index contributed by atoms with van der Waals surface area (Å²) in [7, 11) is 1.76. The predicted molar refractivity (Wildman–Crippen MR) is 61.9 cm³/mol. The van der Waals surface area contributed by atoms with Crippen molar-refractivity contribution in [3.8, 4) is 0 Å². The van der Waals surface area contributed by atoms with Gasteiger partial charge in [0.1, 0.15) is 18.0 Å². The highest BCUT2D eigenvalue weighted by Crippen LogP contribution is 2.34. The van der Waals surface area contributed by atoms with Crippen LogP contribution in [-0.4, -0.2) is 29.2 Å². The standard InChI is InChI=1S/C10H17N5O/c1-16-10(3-2-4-10)6-12-8-5-9(15-11)14-7-13-8/h5,7H,2-4,6,11H2,1H3,(H2,12,13,14,15). The number of hydrogen-bond acceptors (Lipinski definition) is 6. The molecule has 4 N–H and O–H groups in total. The minimum absolute atomic E-state index is 0.0126. The Morgan fingerprint density at radius 1 is 1.44 bits per heavy atom. The smallest absolute Gasteiger partial charge is 0.145 e. The molecule has 1 heterocycles. The second-order valence-corrected chi connectivity index (χ2v) is 4.03. The molecule has 0 saturated heterocycles. The number of nitrogens with one attached hydrogen (secondary N) is 2. The van der Waals surface area contributed by atoms with Gasteiger partial charge in [0.05, 0.1) is 5.60 Å². The van der Waals surface area contributed by atoms with Crippen molar-refractivity contribution in [1.82, 2.24) is 9.97 Å². The molecule has 1 aliphatic rings. The molecule has 0 aliphatic heterocycles. The van der Waals surface area contributed by atoms with Crippen LogP contribution in [0.3, 0.4) is 0 Å². The summed E-state index contributed by atoms with van der Waals surface area (Å²) in [5, 5.41) is 3.24. The van der Waals surface area contributed by atoms with Gasteiger partial charge in [0, 0.05) is 19.7 Å². The number of hydrazine groups is 1. The van der Waals surface area contributed by atoms with Crippen LogP contribution in [0.25, 0.3) is 0 Å². The lowest BCUT2D eigenvalue weighted by molar-refractivity contribution is -0.0601. The first-order chi connectivity index (χ1) is 7.78. The quantitative estimate of drug-likeness (QED) is 0.504. The number of nitrogens with two attached hydrogens (primary N) is 1. The summed E-state index contributed by atoms with van der Waals surface area (Å²) in [6.45, 7) is 0.768. The van der Waals surface area contributed by atoms with Gasteiger partial charge in [-0.3, -0.25) is 0 Å². The number of hydrogen-bond donors (Lipinski definition) is 3. The molecule has 16 heavy (non-hydrogen) atoms. The highest BCUT2D eigenvalue weighted by Gasteiger charge is 2.36. The molecule has 0 bridgehead atoms. The van der Waals surface area contributed by atoms with Crippen molar-refractivity contribution in [1.29, 1.82) is 0 Å². The van der Waals surface area contributed by atoms with Crippen molar-refractivity contribution in [2.24, 2.45) is 5.84 Å². The fraction of sp³-hybridized carbons (Fsp3) is 0.600. The Morgan fingerprint density at radius 3 is 2.75 bits per heavy atom. The Bertz CT molecular complexity index is 347. The normalized spacial score (nSPS) is 17.6. The van der Waals surface area contributed by atoms with Crippen molar-refractivity contribution in [2.75, 3.05) is 24.4 Å². The summed E-state index contributed by atoms with van der Waals surface area (Å²) >= 11 is 0. The third-order valence-corrected chi connectivity index (χ3v) is 3.10. The zero-order valence-electron chi connectivity index (χ0n) is 9.36. The molecular formula is C10H17N5O. The highest BCUT2D eigenvalue weighted by molar-refractivity contribution is 5.45. The highest BCUT2D eigenvalue weighted by atomic mass is 16.5. The van der Waals surface area contributed by atoms with Gasteiger partial charge in [-0.15, -0.1) is 0 Å². The second kappa shape index (κ2) is 4.63. The van der Waals surface area contributed by atoms with E-state index in [0.29, 0.717) is 5.82 Å². The molecule has 1 aromatic rings. The van der Waals surface area contributed by atoms with Crippen molar-refractivity contribution >= 4 is 11.6 Å². The third kappa shape index (κ3) is 2.23. The molecule has 0 radical (unpaired) electrons. The molecule has 1 aliphatic carbocycles. The van der Waals surface area contributed by atoms with E-state index in [-0.39, 0.29) is 5.60 Å². The fourth-order valence-corrected chi connectivity index (χ4v) is 1.81. The summed E-state index contributed by atoms with van der Waals surface area (Å²) < 4.78 is 5.51. The molecule has 6 heteroatoms. The van der Waals surface area contributed by atoms with E-state index in [2.05, 4.69) is 20.7 Å². The number of rotatable bonds is 5. The monoisotopic (exact) mass is 223 g/mol. The van der Waals surface area contributed by atoms with Crippen LogP contribution in [-0.2, 0) is 4.74 Å². The molecule has 6 nitrogen and oxygen atoms in total. The SMILES string of the molecule is COC1(CNc2cc(NN)ncn2)CCC1. The lowest BCUT2D eigenvalue weighted by Gasteiger charge is -2.40. The molecule has 0 spiro atoms. The van der Waals surface area contributed by atoms with Gasteiger partial charge in [0.2, 0.25) is 0 Å². The fourth-order valence-electron chi connectivity index (χ4n) is 1.81. The van der Waals surface area contributed by atoms with Gasteiger partial charge in [-0.2, -0.15) is 0 Å². The molecular weight excluding hydrogens is 206 g/mol. The van der Waals surface area contributed by atoms with Crippen molar-refractivity contribution in [2.45, 2.75) is 24.9 Å². The van der Waals surface area contributed by atoms with E-state index >= 15 is 0 Å². The summed E-state index contributed by atoms with van der Waals surface area (Å²) in [4.78, 5) is 8.05. The van der Waals surface area contributed by atoms with Crippen LogP contribution in [0.2, 0.25) is 0 Å². The van der Waals surface area contributed by atoms with Gasteiger partial charge in [-0.05, 0) is 19.3 Å². The van der Waals surface area contributed by atoms with E-state index in [1.807, 2.05) is 0 Å². The van der Waals surface area contributed by atoms with E-state index in [1.165, 1.54) is 12.7 Å². The maximum atomic E-state index is 5.51. The Morgan fingerprint density at radius 2 is 2.19 bits per heavy atom. The predicted octanol–water partition coefficient (Wildman–Crippen LogP) is 0.743.